The van der Waals surface area contributed by atoms with Gasteiger partial charge in [0.1, 0.15) is 11.6 Å². The normalized spacial score (nSPS) is 12.0. The smallest absolute Gasteiger partial charge is 0.261 e. The van der Waals surface area contributed by atoms with E-state index in [0.717, 1.165) is 5.56 Å². The molecule has 0 radical (unpaired) electrons. The first-order valence-corrected chi connectivity index (χ1v) is 11.8. The molecule has 1 heterocycles. The van der Waals surface area contributed by atoms with E-state index in [-0.39, 0.29) is 29.0 Å². The summed E-state index contributed by atoms with van der Waals surface area (Å²) in [6.07, 6.45) is 0. The maximum atomic E-state index is 12.8. The van der Waals surface area contributed by atoms with Crippen LogP contribution in [0.15, 0.2) is 70.7 Å². The number of aliphatic hydroxyl groups is 1. The third-order valence-electron chi connectivity index (χ3n) is 4.08. The zero-order valence-corrected chi connectivity index (χ0v) is 18.3. The van der Waals surface area contributed by atoms with Crippen molar-refractivity contribution in [3.8, 4) is 0 Å². The molecule has 3 aromatic rings. The summed E-state index contributed by atoms with van der Waals surface area (Å²) in [5.74, 6) is 1.09. The van der Waals surface area contributed by atoms with Crippen LogP contribution in [0.5, 0.6) is 0 Å². The number of hydrogen-bond donors (Lipinski definition) is 3. The zero-order chi connectivity index (χ0) is 22.3. The molecule has 31 heavy (non-hydrogen) atoms. The second-order valence-electron chi connectivity index (χ2n) is 6.64. The molecule has 10 heteroatoms. The highest BCUT2D eigenvalue weighted by atomic mass is 32.2. The molecule has 0 saturated carbocycles. The van der Waals surface area contributed by atoms with Gasteiger partial charge in [0.15, 0.2) is 10.8 Å². The second-order valence-corrected chi connectivity index (χ2v) is 9.26. The Bertz CT molecular complexity index is 1180. The lowest BCUT2D eigenvalue weighted by Crippen LogP contribution is -2.21. The van der Waals surface area contributed by atoms with Crippen LogP contribution in [0.4, 0.5) is 17.3 Å². The zero-order valence-electron chi connectivity index (χ0n) is 16.7. The van der Waals surface area contributed by atoms with Crippen molar-refractivity contribution >= 4 is 39.1 Å². The topological polar surface area (TPSA) is 109 Å². The molecule has 0 aliphatic rings. The van der Waals surface area contributed by atoms with Crippen molar-refractivity contribution in [2.45, 2.75) is 28.8 Å². The predicted octanol–water partition coefficient (Wildman–Crippen LogP) is 3.91. The highest BCUT2D eigenvalue weighted by Gasteiger charge is 2.17. The molecular weight excluding hydrogens is 434 g/mol. The van der Waals surface area contributed by atoms with Gasteiger partial charge in [0.25, 0.3) is 10.0 Å². The first-order chi connectivity index (χ1) is 14.9. The van der Waals surface area contributed by atoms with Crippen LogP contribution in [0.2, 0.25) is 0 Å². The Hall–Kier alpha value is -3.13. The van der Waals surface area contributed by atoms with Crippen molar-refractivity contribution < 1.29 is 13.5 Å². The summed E-state index contributed by atoms with van der Waals surface area (Å²) in [7, 11) is -3.95. The first-order valence-electron chi connectivity index (χ1n) is 9.33. The fraction of sp³-hybridized carbons (Fsp3) is 0.190. The van der Waals surface area contributed by atoms with Crippen LogP contribution in [-0.2, 0) is 15.8 Å². The lowest BCUT2D eigenvalue weighted by atomic mass is 10.2. The third kappa shape index (κ3) is 6.42. The summed E-state index contributed by atoms with van der Waals surface area (Å²) in [4.78, 5) is 12.0. The quantitative estimate of drug-likeness (QED) is 0.255. The molecule has 0 amide bonds. The maximum Gasteiger partial charge on any atom is 0.261 e. The number of benzene rings is 2. The van der Waals surface area contributed by atoms with Crippen molar-refractivity contribution in [2.24, 2.45) is 0 Å². The molecule has 0 fully saturated rings. The minimum absolute atomic E-state index is 0.0312. The predicted molar refractivity (Wildman–Crippen MR) is 122 cm³/mol. The Morgan fingerprint density at radius 1 is 1.10 bits per heavy atom. The van der Waals surface area contributed by atoms with Gasteiger partial charge in [0, 0.05) is 17.9 Å². The van der Waals surface area contributed by atoms with Gasteiger partial charge < -0.3 is 10.4 Å². The van der Waals surface area contributed by atoms with Crippen molar-refractivity contribution in [3.05, 3.63) is 77.6 Å². The minimum Gasteiger partial charge on any atom is -0.394 e. The van der Waals surface area contributed by atoms with E-state index in [2.05, 4.69) is 24.9 Å². The number of hydrogen-bond acceptors (Lipinski definition) is 7. The lowest BCUT2D eigenvalue weighted by Gasteiger charge is -2.14. The van der Waals surface area contributed by atoms with Gasteiger partial charge in [-0.1, -0.05) is 54.2 Å². The van der Waals surface area contributed by atoms with E-state index in [9.17, 15) is 13.5 Å². The van der Waals surface area contributed by atoms with Crippen LogP contribution in [0.25, 0.3) is 4.85 Å². The monoisotopic (exact) mass is 455 g/mol. The minimum atomic E-state index is -3.95. The van der Waals surface area contributed by atoms with E-state index in [4.69, 9.17) is 6.57 Å². The van der Waals surface area contributed by atoms with Gasteiger partial charge in [-0.25, -0.2) is 23.2 Å². The Balaban J connectivity index is 1.88. The van der Waals surface area contributed by atoms with Gasteiger partial charge in [-0.15, -0.1) is 0 Å². The van der Waals surface area contributed by atoms with Gasteiger partial charge in [-0.2, -0.15) is 0 Å². The fourth-order valence-corrected chi connectivity index (χ4v) is 4.40. The van der Waals surface area contributed by atoms with E-state index in [1.807, 2.05) is 30.3 Å². The molecule has 0 saturated heterocycles. The Labute approximate surface area is 185 Å². The van der Waals surface area contributed by atoms with Gasteiger partial charge >= 0.3 is 0 Å². The summed E-state index contributed by atoms with van der Waals surface area (Å²) in [6, 6.07) is 16.7. The van der Waals surface area contributed by atoms with Gasteiger partial charge in [0.2, 0.25) is 0 Å². The van der Waals surface area contributed by atoms with Crippen LogP contribution in [0.3, 0.4) is 0 Å². The van der Waals surface area contributed by atoms with Crippen molar-refractivity contribution in [2.75, 3.05) is 16.6 Å². The van der Waals surface area contributed by atoms with Gasteiger partial charge in [0.05, 0.1) is 18.1 Å². The van der Waals surface area contributed by atoms with Gasteiger partial charge in [-0.05, 0) is 24.6 Å². The Morgan fingerprint density at radius 2 is 1.84 bits per heavy atom. The molecule has 0 aliphatic carbocycles. The SMILES string of the molecule is [C-]#[N+]c1cccc(S(=O)(=O)Nc2cc(N[C@H](C)CO)nc(SCc3ccccc3)n2)c1. The number of sulfonamides is 1. The summed E-state index contributed by atoms with van der Waals surface area (Å²) < 4.78 is 28.1. The molecule has 0 aliphatic heterocycles. The number of nitrogens with one attached hydrogen (secondary N) is 2. The molecular formula is C21H21N5O3S2. The van der Waals surface area contributed by atoms with Crippen molar-refractivity contribution in [1.82, 2.24) is 9.97 Å². The average molecular weight is 456 g/mol. The molecule has 1 aromatic heterocycles. The number of aromatic nitrogens is 2. The molecule has 160 valence electrons. The van der Waals surface area contributed by atoms with E-state index in [1.165, 1.54) is 42.1 Å². The summed E-state index contributed by atoms with van der Waals surface area (Å²) in [6.45, 7) is 8.75. The molecule has 3 N–H and O–H groups in total. The number of aliphatic hydroxyl groups excluding tert-OH is 1. The van der Waals surface area contributed by atoms with Crippen LogP contribution in [0.1, 0.15) is 12.5 Å². The number of thioether (sulfide) groups is 1. The van der Waals surface area contributed by atoms with E-state index in [1.54, 1.807) is 6.92 Å². The number of rotatable bonds is 9. The largest absolute Gasteiger partial charge is 0.394 e. The molecule has 0 unspecified atom stereocenters. The molecule has 0 bridgehead atoms. The van der Waals surface area contributed by atoms with Crippen LogP contribution < -0.4 is 10.0 Å². The highest BCUT2D eigenvalue weighted by molar-refractivity contribution is 7.98. The maximum absolute atomic E-state index is 12.8. The first kappa shape index (κ1) is 22.6. The highest BCUT2D eigenvalue weighted by Crippen LogP contribution is 2.25. The summed E-state index contributed by atoms with van der Waals surface area (Å²) in [5, 5.41) is 12.7. The fourth-order valence-electron chi connectivity index (χ4n) is 2.55. The molecule has 8 nitrogen and oxygen atoms in total. The number of anilines is 2. The summed E-state index contributed by atoms with van der Waals surface area (Å²) in [5.41, 5.74) is 1.31. The standard InChI is InChI=1S/C21H21N5O3S2/c1-15(13-27)23-19-12-20(25-21(24-19)30-14-16-7-4-3-5-8-16)26-31(28,29)18-10-6-9-17(11-18)22-2/h3-12,15,27H,13-14H2,1H3,(H2,23,24,25,26)/t15-/m1/s1. The van der Waals surface area contributed by atoms with Crippen LogP contribution in [0, 0.1) is 6.57 Å². The third-order valence-corrected chi connectivity index (χ3v) is 6.35. The van der Waals surface area contributed by atoms with E-state index in [0.29, 0.717) is 16.7 Å². The molecule has 3 rings (SSSR count). The van der Waals surface area contributed by atoms with Gasteiger partial charge in [-0.3, -0.25) is 4.72 Å². The lowest BCUT2D eigenvalue weighted by molar-refractivity contribution is 0.281. The van der Waals surface area contributed by atoms with Crippen LogP contribution in [-0.4, -0.2) is 36.1 Å². The van der Waals surface area contributed by atoms with E-state index < -0.39 is 10.0 Å². The molecule has 0 spiro atoms. The van der Waals surface area contributed by atoms with E-state index >= 15 is 0 Å². The molecule has 1 atom stereocenters. The van der Waals surface area contributed by atoms with Crippen LogP contribution >= 0.6 is 11.8 Å². The Morgan fingerprint density at radius 3 is 2.55 bits per heavy atom. The van der Waals surface area contributed by atoms with Crippen molar-refractivity contribution in [1.29, 1.82) is 0 Å². The average Bonchev–Trinajstić information content (AvgIpc) is 2.78. The number of nitrogens with zero attached hydrogens (tertiary/aromatic N) is 3. The van der Waals surface area contributed by atoms with Crippen molar-refractivity contribution in [3.63, 3.8) is 0 Å². The molecule has 2 aromatic carbocycles. The summed E-state index contributed by atoms with van der Waals surface area (Å²) >= 11 is 1.37. The second kappa shape index (κ2) is 10.3. The Kier molecular flexibility index (Phi) is 7.46.